The van der Waals surface area contributed by atoms with Gasteiger partial charge in [-0.2, -0.15) is 0 Å². The molecule has 0 unspecified atom stereocenters. The van der Waals surface area contributed by atoms with Crippen LogP contribution in [0.15, 0.2) is 48.5 Å². The van der Waals surface area contributed by atoms with Crippen molar-refractivity contribution in [1.82, 2.24) is 4.90 Å². The molecule has 1 heterocycles. The SMILES string of the molecule is C[C@H](CC(=O)Nc1ccc(N2CCN(C(=O)Cc3ccc(F)cc3)CC2)cc1)CC(C)(C)C. The number of carbonyl (C=O) groups excluding carboxylic acids is 2. The molecule has 0 bridgehead atoms. The molecule has 1 fully saturated rings. The van der Waals surface area contributed by atoms with Crippen molar-refractivity contribution in [3.63, 3.8) is 0 Å². The van der Waals surface area contributed by atoms with Gasteiger partial charge in [0.05, 0.1) is 6.42 Å². The molecule has 1 aliphatic heterocycles. The van der Waals surface area contributed by atoms with Crippen molar-refractivity contribution in [2.24, 2.45) is 11.3 Å². The average Bonchev–Trinajstić information content (AvgIpc) is 2.74. The van der Waals surface area contributed by atoms with Gasteiger partial charge in [-0.05, 0) is 59.7 Å². The number of anilines is 2. The lowest BCUT2D eigenvalue weighted by Crippen LogP contribution is -2.49. The van der Waals surface area contributed by atoms with Crippen LogP contribution in [-0.2, 0) is 16.0 Å². The highest BCUT2D eigenvalue weighted by Crippen LogP contribution is 2.26. The Balaban J connectivity index is 1.45. The molecule has 2 aromatic carbocycles. The highest BCUT2D eigenvalue weighted by atomic mass is 19.1. The number of rotatable bonds is 7. The number of benzene rings is 2. The lowest BCUT2D eigenvalue weighted by molar-refractivity contribution is -0.130. The third-order valence-electron chi connectivity index (χ3n) is 5.91. The number of nitrogens with zero attached hydrogens (tertiary/aromatic N) is 2. The summed E-state index contributed by atoms with van der Waals surface area (Å²) in [5.74, 6) is 0.166. The molecule has 1 N–H and O–H groups in total. The van der Waals surface area contributed by atoms with E-state index in [0.29, 0.717) is 31.8 Å². The van der Waals surface area contributed by atoms with Crippen LogP contribution in [0.2, 0.25) is 0 Å². The Hall–Kier alpha value is -2.89. The van der Waals surface area contributed by atoms with Gasteiger partial charge >= 0.3 is 0 Å². The molecule has 0 aliphatic carbocycles. The van der Waals surface area contributed by atoms with Crippen molar-refractivity contribution >= 4 is 23.2 Å². The Bertz CT molecular complexity index is 927. The Morgan fingerprint density at radius 1 is 0.970 bits per heavy atom. The first-order valence-corrected chi connectivity index (χ1v) is 11.8. The van der Waals surface area contributed by atoms with Gasteiger partial charge in [0.1, 0.15) is 5.82 Å². The number of amides is 2. The van der Waals surface area contributed by atoms with Crippen LogP contribution in [0, 0.1) is 17.2 Å². The van der Waals surface area contributed by atoms with Crippen LogP contribution in [0.1, 0.15) is 46.1 Å². The van der Waals surface area contributed by atoms with Gasteiger partial charge in [0.2, 0.25) is 11.8 Å². The molecular formula is C27H36FN3O2. The van der Waals surface area contributed by atoms with Crippen LogP contribution in [0.5, 0.6) is 0 Å². The standard InChI is InChI=1S/C27H36FN3O2/c1-20(19-27(2,3)4)17-25(32)29-23-9-11-24(12-10-23)30-13-15-31(16-14-30)26(33)18-21-5-7-22(28)8-6-21/h5-12,20H,13-19H2,1-4H3,(H,29,32)/t20-/m1/s1. The summed E-state index contributed by atoms with van der Waals surface area (Å²) in [5.41, 5.74) is 2.94. The molecule has 0 aromatic heterocycles. The number of piperazine rings is 1. The molecule has 1 saturated heterocycles. The van der Waals surface area contributed by atoms with E-state index in [4.69, 9.17) is 0 Å². The third kappa shape index (κ3) is 7.88. The number of halogens is 1. The monoisotopic (exact) mass is 453 g/mol. The summed E-state index contributed by atoms with van der Waals surface area (Å²) in [6.45, 7) is 11.5. The fraction of sp³-hybridized carbons (Fsp3) is 0.481. The van der Waals surface area contributed by atoms with Crippen molar-refractivity contribution in [3.05, 3.63) is 59.9 Å². The van der Waals surface area contributed by atoms with E-state index in [1.165, 1.54) is 12.1 Å². The van der Waals surface area contributed by atoms with E-state index in [9.17, 15) is 14.0 Å². The number of hydrogen-bond donors (Lipinski definition) is 1. The minimum absolute atomic E-state index is 0.0489. The van der Waals surface area contributed by atoms with Crippen molar-refractivity contribution < 1.29 is 14.0 Å². The molecule has 2 amide bonds. The van der Waals surface area contributed by atoms with Gasteiger partial charge in [0.25, 0.3) is 0 Å². The molecule has 1 aliphatic rings. The van der Waals surface area contributed by atoms with Crippen LogP contribution in [0.25, 0.3) is 0 Å². The summed E-state index contributed by atoms with van der Waals surface area (Å²) >= 11 is 0. The maximum atomic E-state index is 13.1. The van der Waals surface area contributed by atoms with Crippen LogP contribution >= 0.6 is 0 Å². The summed E-state index contributed by atoms with van der Waals surface area (Å²) in [4.78, 5) is 29.1. The van der Waals surface area contributed by atoms with Gasteiger partial charge in [-0.15, -0.1) is 0 Å². The van der Waals surface area contributed by atoms with Gasteiger partial charge in [0.15, 0.2) is 0 Å². The van der Waals surface area contributed by atoms with Gasteiger partial charge in [0, 0.05) is 44.0 Å². The zero-order chi connectivity index (χ0) is 24.0. The van der Waals surface area contributed by atoms with Crippen molar-refractivity contribution in [3.8, 4) is 0 Å². The summed E-state index contributed by atoms with van der Waals surface area (Å²) in [6.07, 6.45) is 1.83. The predicted molar refractivity (Wildman–Crippen MR) is 132 cm³/mol. The fourth-order valence-electron chi connectivity index (χ4n) is 4.50. The lowest BCUT2D eigenvalue weighted by atomic mass is 9.84. The van der Waals surface area contributed by atoms with Crippen molar-refractivity contribution in [2.45, 2.75) is 47.0 Å². The van der Waals surface area contributed by atoms with E-state index >= 15 is 0 Å². The molecule has 0 radical (unpaired) electrons. The second kappa shape index (κ2) is 10.8. The topological polar surface area (TPSA) is 52.7 Å². The summed E-state index contributed by atoms with van der Waals surface area (Å²) in [6, 6.07) is 14.0. The van der Waals surface area contributed by atoms with Crippen LogP contribution in [0.3, 0.4) is 0 Å². The minimum atomic E-state index is -0.291. The highest BCUT2D eigenvalue weighted by molar-refractivity contribution is 5.91. The van der Waals surface area contributed by atoms with Gasteiger partial charge in [-0.25, -0.2) is 4.39 Å². The zero-order valence-electron chi connectivity index (χ0n) is 20.2. The van der Waals surface area contributed by atoms with E-state index in [1.807, 2.05) is 29.2 Å². The largest absolute Gasteiger partial charge is 0.368 e. The summed E-state index contributed by atoms with van der Waals surface area (Å²) < 4.78 is 13.1. The van der Waals surface area contributed by atoms with Crippen molar-refractivity contribution in [2.75, 3.05) is 36.4 Å². The summed E-state index contributed by atoms with van der Waals surface area (Å²) in [7, 11) is 0. The summed E-state index contributed by atoms with van der Waals surface area (Å²) in [5, 5.41) is 3.00. The Morgan fingerprint density at radius 3 is 2.15 bits per heavy atom. The second-order valence-corrected chi connectivity index (χ2v) is 10.3. The Morgan fingerprint density at radius 2 is 1.58 bits per heavy atom. The maximum Gasteiger partial charge on any atom is 0.227 e. The zero-order valence-corrected chi connectivity index (χ0v) is 20.2. The number of carbonyl (C=O) groups is 2. The molecule has 178 valence electrons. The first-order valence-electron chi connectivity index (χ1n) is 11.8. The normalized spacial score (nSPS) is 15.3. The molecule has 2 aromatic rings. The van der Waals surface area contributed by atoms with E-state index in [2.05, 4.69) is 37.9 Å². The van der Waals surface area contributed by atoms with Gasteiger partial charge < -0.3 is 15.1 Å². The number of hydrogen-bond acceptors (Lipinski definition) is 3. The van der Waals surface area contributed by atoms with Gasteiger partial charge in [-0.1, -0.05) is 39.8 Å². The van der Waals surface area contributed by atoms with Crippen LogP contribution in [-0.4, -0.2) is 42.9 Å². The van der Waals surface area contributed by atoms with Crippen LogP contribution < -0.4 is 10.2 Å². The molecular weight excluding hydrogens is 417 g/mol. The predicted octanol–water partition coefficient (Wildman–Crippen LogP) is 5.12. The van der Waals surface area contributed by atoms with E-state index in [-0.39, 0.29) is 23.0 Å². The Kier molecular flexibility index (Phi) is 8.11. The van der Waals surface area contributed by atoms with Crippen molar-refractivity contribution in [1.29, 1.82) is 0 Å². The first-order chi connectivity index (χ1) is 15.6. The average molecular weight is 454 g/mol. The molecule has 0 spiro atoms. The molecule has 3 rings (SSSR count). The smallest absolute Gasteiger partial charge is 0.227 e. The van der Waals surface area contributed by atoms with E-state index < -0.39 is 0 Å². The molecule has 1 atom stereocenters. The second-order valence-electron chi connectivity index (χ2n) is 10.3. The number of nitrogens with one attached hydrogen (secondary N) is 1. The molecule has 33 heavy (non-hydrogen) atoms. The highest BCUT2D eigenvalue weighted by Gasteiger charge is 2.22. The Labute approximate surface area is 197 Å². The molecule has 6 heteroatoms. The maximum absolute atomic E-state index is 13.1. The molecule has 0 saturated carbocycles. The third-order valence-corrected chi connectivity index (χ3v) is 5.91. The minimum Gasteiger partial charge on any atom is -0.368 e. The fourth-order valence-corrected chi connectivity index (χ4v) is 4.50. The molecule has 5 nitrogen and oxygen atoms in total. The van der Waals surface area contributed by atoms with E-state index in [1.54, 1.807) is 12.1 Å². The van der Waals surface area contributed by atoms with Crippen LogP contribution in [0.4, 0.5) is 15.8 Å². The first kappa shape index (κ1) is 24.7. The van der Waals surface area contributed by atoms with Gasteiger partial charge in [-0.3, -0.25) is 9.59 Å². The lowest BCUT2D eigenvalue weighted by Gasteiger charge is -2.36. The quantitative estimate of drug-likeness (QED) is 0.633. The van der Waals surface area contributed by atoms with E-state index in [0.717, 1.165) is 36.4 Å².